The lowest BCUT2D eigenvalue weighted by molar-refractivity contribution is 0.0988. The summed E-state index contributed by atoms with van der Waals surface area (Å²) in [6.07, 6.45) is 3.65. The van der Waals surface area contributed by atoms with E-state index in [0.29, 0.717) is 6.54 Å². The molecule has 3 aromatic rings. The SMILES string of the molecule is CC(C)(C)N(CCCC[C@@H](NCc1ccccc1)c1nc(-c2ccccc2)c[nH]1)C(=O)O. The zero-order valence-corrected chi connectivity index (χ0v) is 19.2. The predicted molar refractivity (Wildman–Crippen MR) is 128 cm³/mol. The monoisotopic (exact) mass is 434 g/mol. The molecule has 0 spiro atoms. The summed E-state index contributed by atoms with van der Waals surface area (Å²) in [5.74, 6) is 0.908. The molecule has 6 heteroatoms. The molecule has 0 saturated carbocycles. The number of imidazole rings is 1. The molecule has 0 aliphatic carbocycles. The first-order valence-corrected chi connectivity index (χ1v) is 11.2. The van der Waals surface area contributed by atoms with E-state index in [1.165, 1.54) is 10.5 Å². The second-order valence-electron chi connectivity index (χ2n) is 9.06. The maximum Gasteiger partial charge on any atom is 0.407 e. The van der Waals surface area contributed by atoms with Crippen LogP contribution in [0.3, 0.4) is 0 Å². The fourth-order valence-corrected chi connectivity index (χ4v) is 3.78. The van der Waals surface area contributed by atoms with E-state index in [2.05, 4.69) is 34.6 Å². The number of carboxylic acid groups (broad SMARTS) is 1. The lowest BCUT2D eigenvalue weighted by Gasteiger charge is -2.33. The average molecular weight is 435 g/mol. The van der Waals surface area contributed by atoms with Gasteiger partial charge in [-0.2, -0.15) is 0 Å². The third kappa shape index (κ3) is 6.69. The second-order valence-corrected chi connectivity index (χ2v) is 9.06. The van der Waals surface area contributed by atoms with Crippen LogP contribution < -0.4 is 5.32 Å². The minimum absolute atomic E-state index is 0.0561. The van der Waals surface area contributed by atoms with Crippen molar-refractivity contribution in [3.8, 4) is 11.3 Å². The van der Waals surface area contributed by atoms with Gasteiger partial charge in [0.05, 0.1) is 11.7 Å². The molecule has 32 heavy (non-hydrogen) atoms. The molecule has 170 valence electrons. The van der Waals surface area contributed by atoms with Crippen LogP contribution in [0, 0.1) is 0 Å². The first-order chi connectivity index (χ1) is 15.3. The van der Waals surface area contributed by atoms with Gasteiger partial charge in [0.15, 0.2) is 0 Å². The lowest BCUT2D eigenvalue weighted by atomic mass is 10.0. The maximum absolute atomic E-state index is 11.6. The van der Waals surface area contributed by atoms with Gasteiger partial charge in [-0.25, -0.2) is 9.78 Å². The second kappa shape index (κ2) is 11.0. The quantitative estimate of drug-likeness (QED) is 0.349. The number of H-pyrrole nitrogens is 1. The number of aromatic amines is 1. The van der Waals surface area contributed by atoms with Gasteiger partial charge in [-0.05, 0) is 45.6 Å². The van der Waals surface area contributed by atoms with E-state index in [1.54, 1.807) is 0 Å². The molecule has 0 bridgehead atoms. The molecule has 0 saturated heterocycles. The number of benzene rings is 2. The van der Waals surface area contributed by atoms with Crippen LogP contribution in [0.5, 0.6) is 0 Å². The molecule has 1 atom stereocenters. The van der Waals surface area contributed by atoms with Crippen LogP contribution in [-0.2, 0) is 6.54 Å². The van der Waals surface area contributed by atoms with Crippen molar-refractivity contribution in [3.05, 3.63) is 78.2 Å². The highest BCUT2D eigenvalue weighted by molar-refractivity contribution is 5.65. The van der Waals surface area contributed by atoms with E-state index in [1.807, 2.05) is 63.4 Å². The van der Waals surface area contributed by atoms with Gasteiger partial charge in [-0.15, -0.1) is 0 Å². The van der Waals surface area contributed by atoms with Crippen LogP contribution >= 0.6 is 0 Å². The standard InChI is InChI=1S/C26H34N4O2/c1-26(2,3)30(25(31)32)17-11-10-16-22(27-18-20-12-6-4-7-13-20)24-28-19-23(29-24)21-14-8-5-9-15-21/h4-9,12-15,19,22,27H,10-11,16-18H2,1-3H3,(H,28,29)(H,31,32)/t22-/m1/s1. The van der Waals surface area contributed by atoms with Crippen molar-refractivity contribution in [1.29, 1.82) is 0 Å². The topological polar surface area (TPSA) is 81.2 Å². The largest absolute Gasteiger partial charge is 0.465 e. The van der Waals surface area contributed by atoms with E-state index in [0.717, 1.165) is 42.9 Å². The summed E-state index contributed by atoms with van der Waals surface area (Å²) in [6.45, 7) is 7.06. The van der Waals surface area contributed by atoms with Gasteiger partial charge >= 0.3 is 6.09 Å². The number of aromatic nitrogens is 2. The molecule has 0 unspecified atom stereocenters. The van der Waals surface area contributed by atoms with Crippen LogP contribution in [0.1, 0.15) is 57.5 Å². The molecule has 1 amide bonds. The Morgan fingerprint density at radius 1 is 1.06 bits per heavy atom. The number of hydrogen-bond acceptors (Lipinski definition) is 3. The van der Waals surface area contributed by atoms with Gasteiger partial charge in [0, 0.05) is 30.4 Å². The van der Waals surface area contributed by atoms with Crippen molar-refractivity contribution in [2.24, 2.45) is 0 Å². The summed E-state index contributed by atoms with van der Waals surface area (Å²) in [4.78, 5) is 21.3. The van der Waals surface area contributed by atoms with Gasteiger partial charge in [0.1, 0.15) is 5.82 Å². The summed E-state index contributed by atoms with van der Waals surface area (Å²) in [5.41, 5.74) is 2.83. The Morgan fingerprint density at radius 2 is 1.72 bits per heavy atom. The summed E-state index contributed by atoms with van der Waals surface area (Å²) in [6, 6.07) is 20.5. The van der Waals surface area contributed by atoms with Crippen LogP contribution in [-0.4, -0.2) is 38.2 Å². The van der Waals surface area contributed by atoms with Gasteiger partial charge < -0.3 is 20.3 Å². The zero-order valence-electron chi connectivity index (χ0n) is 19.2. The first-order valence-electron chi connectivity index (χ1n) is 11.2. The molecule has 3 rings (SSSR count). The minimum atomic E-state index is -0.866. The number of amides is 1. The Hall–Kier alpha value is -3.12. The molecule has 6 nitrogen and oxygen atoms in total. The lowest BCUT2D eigenvalue weighted by Crippen LogP contribution is -2.45. The predicted octanol–water partition coefficient (Wildman–Crippen LogP) is 5.86. The van der Waals surface area contributed by atoms with Crippen LogP contribution in [0.4, 0.5) is 4.79 Å². The molecule has 2 aromatic carbocycles. The number of unbranched alkanes of at least 4 members (excludes halogenated alkanes) is 1. The molecule has 1 heterocycles. The highest BCUT2D eigenvalue weighted by Gasteiger charge is 2.25. The number of nitrogens with zero attached hydrogens (tertiary/aromatic N) is 2. The minimum Gasteiger partial charge on any atom is -0.465 e. The number of rotatable bonds is 10. The summed E-state index contributed by atoms with van der Waals surface area (Å²) >= 11 is 0. The molecule has 0 fully saturated rings. The fraction of sp³-hybridized carbons (Fsp3) is 0.385. The Kier molecular flexibility index (Phi) is 8.06. The van der Waals surface area contributed by atoms with E-state index in [4.69, 9.17) is 4.98 Å². The van der Waals surface area contributed by atoms with Crippen LogP contribution in [0.15, 0.2) is 66.9 Å². The summed E-state index contributed by atoms with van der Waals surface area (Å²) < 4.78 is 0. The normalized spacial score (nSPS) is 12.5. The van der Waals surface area contributed by atoms with Gasteiger partial charge in [-0.3, -0.25) is 0 Å². The Labute approximate surface area is 190 Å². The van der Waals surface area contributed by atoms with Gasteiger partial charge in [-0.1, -0.05) is 60.7 Å². The Bertz CT molecular complexity index is 964. The summed E-state index contributed by atoms with van der Waals surface area (Å²) in [7, 11) is 0. The third-order valence-corrected chi connectivity index (χ3v) is 5.56. The van der Waals surface area contributed by atoms with E-state index >= 15 is 0 Å². The molecule has 0 aliphatic heterocycles. The molecule has 0 radical (unpaired) electrons. The third-order valence-electron chi connectivity index (χ3n) is 5.56. The zero-order chi connectivity index (χ0) is 23.0. The van der Waals surface area contributed by atoms with E-state index < -0.39 is 11.6 Å². The highest BCUT2D eigenvalue weighted by atomic mass is 16.4. The first kappa shape index (κ1) is 23.5. The average Bonchev–Trinajstić information content (AvgIpc) is 3.26. The van der Waals surface area contributed by atoms with E-state index in [9.17, 15) is 9.90 Å². The summed E-state index contributed by atoms with van der Waals surface area (Å²) in [5, 5.41) is 13.1. The van der Waals surface area contributed by atoms with Crippen molar-refractivity contribution in [2.45, 2.75) is 58.2 Å². The van der Waals surface area contributed by atoms with Crippen LogP contribution in [0.25, 0.3) is 11.3 Å². The van der Waals surface area contributed by atoms with Crippen LogP contribution in [0.2, 0.25) is 0 Å². The van der Waals surface area contributed by atoms with Gasteiger partial charge in [0.25, 0.3) is 0 Å². The molecular weight excluding hydrogens is 400 g/mol. The van der Waals surface area contributed by atoms with Crippen molar-refractivity contribution in [2.75, 3.05) is 6.54 Å². The van der Waals surface area contributed by atoms with Crippen molar-refractivity contribution < 1.29 is 9.90 Å². The van der Waals surface area contributed by atoms with Crippen molar-refractivity contribution in [1.82, 2.24) is 20.2 Å². The Morgan fingerprint density at radius 3 is 2.34 bits per heavy atom. The molecular formula is C26H34N4O2. The van der Waals surface area contributed by atoms with Crippen molar-refractivity contribution in [3.63, 3.8) is 0 Å². The molecule has 1 aromatic heterocycles. The van der Waals surface area contributed by atoms with Crippen molar-refractivity contribution >= 4 is 6.09 Å². The van der Waals surface area contributed by atoms with E-state index in [-0.39, 0.29) is 6.04 Å². The fourth-order valence-electron chi connectivity index (χ4n) is 3.78. The molecule has 0 aliphatic rings. The molecule has 3 N–H and O–H groups in total. The highest BCUT2D eigenvalue weighted by Crippen LogP contribution is 2.23. The smallest absolute Gasteiger partial charge is 0.407 e. The van der Waals surface area contributed by atoms with Gasteiger partial charge in [0.2, 0.25) is 0 Å². The number of carbonyl (C=O) groups is 1. The Balaban J connectivity index is 1.66. The number of hydrogen-bond donors (Lipinski definition) is 3. The maximum atomic E-state index is 11.6. The number of nitrogens with one attached hydrogen (secondary N) is 2.